The van der Waals surface area contributed by atoms with Crippen LogP contribution in [0.25, 0.3) is 0 Å². The molecule has 0 aromatic heterocycles. The summed E-state index contributed by atoms with van der Waals surface area (Å²) in [4.78, 5) is 2.27. The van der Waals surface area contributed by atoms with Gasteiger partial charge in [0.25, 0.3) is 0 Å². The molecular weight excluding hydrogens is 398 g/mol. The zero-order chi connectivity index (χ0) is 22.4. The van der Waals surface area contributed by atoms with E-state index in [0.717, 1.165) is 48.4 Å². The molecule has 1 fully saturated rings. The number of benzene rings is 3. The smallest absolute Gasteiger partial charge is 0.119 e. The van der Waals surface area contributed by atoms with Gasteiger partial charge in [0.05, 0.1) is 0 Å². The molecule has 1 saturated heterocycles. The molecule has 3 aromatic carbocycles. The van der Waals surface area contributed by atoms with Crippen molar-refractivity contribution in [2.45, 2.75) is 31.5 Å². The van der Waals surface area contributed by atoms with E-state index in [1.54, 1.807) is 0 Å². The number of ether oxygens (including phenoxy) is 1. The van der Waals surface area contributed by atoms with Crippen LogP contribution in [0.1, 0.15) is 29.5 Å². The summed E-state index contributed by atoms with van der Waals surface area (Å²) in [6.07, 6.45) is 1.19. The fourth-order valence-electron chi connectivity index (χ4n) is 4.80. The Morgan fingerprint density at radius 3 is 2.06 bits per heavy atom. The van der Waals surface area contributed by atoms with E-state index in [0.29, 0.717) is 6.54 Å². The van der Waals surface area contributed by atoms with Gasteiger partial charge in [0.1, 0.15) is 24.1 Å². The second kappa shape index (κ2) is 10.3. The number of aliphatic hydroxyl groups is 2. The van der Waals surface area contributed by atoms with E-state index in [1.165, 1.54) is 0 Å². The molecule has 3 aromatic rings. The van der Waals surface area contributed by atoms with E-state index >= 15 is 0 Å². The van der Waals surface area contributed by atoms with Crippen molar-refractivity contribution in [2.24, 2.45) is 5.92 Å². The summed E-state index contributed by atoms with van der Waals surface area (Å²) in [5.74, 6) is 0.905. The quantitative estimate of drug-likeness (QED) is 0.556. The van der Waals surface area contributed by atoms with E-state index in [1.807, 2.05) is 91.9 Å². The molecule has 2 N–H and O–H groups in total. The minimum absolute atomic E-state index is 0.115. The number of hydrogen-bond donors (Lipinski definition) is 2. The first-order chi connectivity index (χ1) is 15.6. The molecule has 0 amide bonds. The number of hydrogen-bond acceptors (Lipinski definition) is 4. The van der Waals surface area contributed by atoms with Gasteiger partial charge in [0, 0.05) is 6.54 Å². The van der Waals surface area contributed by atoms with Crippen LogP contribution >= 0.6 is 0 Å². The molecule has 168 valence electrons. The van der Waals surface area contributed by atoms with Crippen LogP contribution < -0.4 is 4.74 Å². The molecule has 4 heteroatoms. The van der Waals surface area contributed by atoms with E-state index in [-0.39, 0.29) is 12.5 Å². The van der Waals surface area contributed by atoms with E-state index in [9.17, 15) is 10.2 Å². The van der Waals surface area contributed by atoms with Crippen LogP contribution in [0.5, 0.6) is 5.75 Å². The van der Waals surface area contributed by atoms with Gasteiger partial charge in [0.2, 0.25) is 0 Å². The summed E-state index contributed by atoms with van der Waals surface area (Å²) in [6.45, 7) is 4.57. The van der Waals surface area contributed by atoms with E-state index in [4.69, 9.17) is 4.74 Å². The van der Waals surface area contributed by atoms with Gasteiger partial charge in [-0.05, 0) is 67.6 Å². The maximum Gasteiger partial charge on any atom is 0.119 e. The molecule has 1 heterocycles. The van der Waals surface area contributed by atoms with Gasteiger partial charge in [-0.3, -0.25) is 0 Å². The SMILES string of the molecule is Cc1cccc(OC[C@@H](O)CN2CCC(C(O)(c3ccccc3)c3ccccc3)CC2)c1. The normalized spacial score (nSPS) is 16.6. The van der Waals surface area contributed by atoms with Crippen LogP contribution in [0.4, 0.5) is 0 Å². The van der Waals surface area contributed by atoms with Crippen molar-refractivity contribution < 1.29 is 14.9 Å². The summed E-state index contributed by atoms with van der Waals surface area (Å²) in [7, 11) is 0. The molecule has 0 unspecified atom stereocenters. The molecule has 0 radical (unpaired) electrons. The number of rotatable bonds is 8. The molecule has 32 heavy (non-hydrogen) atoms. The molecule has 1 atom stereocenters. The third-order valence-electron chi connectivity index (χ3n) is 6.51. The van der Waals surface area contributed by atoms with Crippen molar-refractivity contribution in [1.82, 2.24) is 4.90 Å². The minimum Gasteiger partial charge on any atom is -0.491 e. The first-order valence-corrected chi connectivity index (χ1v) is 11.5. The summed E-state index contributed by atoms with van der Waals surface area (Å²) >= 11 is 0. The van der Waals surface area contributed by atoms with Crippen molar-refractivity contribution in [3.63, 3.8) is 0 Å². The number of aliphatic hydroxyl groups excluding tert-OH is 1. The topological polar surface area (TPSA) is 52.9 Å². The van der Waals surface area contributed by atoms with Crippen LogP contribution in [-0.4, -0.2) is 47.5 Å². The number of likely N-dealkylation sites (tertiary alicyclic amines) is 1. The predicted octanol–water partition coefficient (Wildman–Crippen LogP) is 4.38. The lowest BCUT2D eigenvalue weighted by Gasteiger charge is -2.42. The second-order valence-electron chi connectivity index (χ2n) is 8.85. The maximum absolute atomic E-state index is 12.0. The molecule has 4 nitrogen and oxygen atoms in total. The van der Waals surface area contributed by atoms with Gasteiger partial charge in [-0.15, -0.1) is 0 Å². The van der Waals surface area contributed by atoms with Crippen LogP contribution in [-0.2, 0) is 5.60 Å². The number of β-amino-alcohol motifs (C(OH)–C–C–N with tert-alkyl or cyclic N) is 1. The zero-order valence-corrected chi connectivity index (χ0v) is 18.7. The summed E-state index contributed by atoms with van der Waals surface area (Å²) in [6, 6.07) is 27.9. The Morgan fingerprint density at radius 1 is 0.906 bits per heavy atom. The largest absolute Gasteiger partial charge is 0.491 e. The average molecular weight is 432 g/mol. The Hall–Kier alpha value is -2.66. The van der Waals surface area contributed by atoms with E-state index in [2.05, 4.69) is 4.90 Å². The fourth-order valence-corrected chi connectivity index (χ4v) is 4.80. The number of piperidine rings is 1. The monoisotopic (exact) mass is 431 g/mol. The van der Waals surface area contributed by atoms with Gasteiger partial charge in [-0.2, -0.15) is 0 Å². The molecule has 0 bridgehead atoms. The lowest BCUT2D eigenvalue weighted by Crippen LogP contribution is -2.46. The highest BCUT2D eigenvalue weighted by molar-refractivity contribution is 5.37. The van der Waals surface area contributed by atoms with E-state index < -0.39 is 11.7 Å². The Kier molecular flexibility index (Phi) is 7.26. The third-order valence-corrected chi connectivity index (χ3v) is 6.51. The van der Waals surface area contributed by atoms with Crippen molar-refractivity contribution in [2.75, 3.05) is 26.2 Å². The maximum atomic E-state index is 12.0. The molecule has 1 aliphatic heterocycles. The van der Waals surface area contributed by atoms with Crippen molar-refractivity contribution >= 4 is 0 Å². The van der Waals surface area contributed by atoms with Gasteiger partial charge >= 0.3 is 0 Å². The molecule has 0 saturated carbocycles. The van der Waals surface area contributed by atoms with Crippen LogP contribution in [0, 0.1) is 12.8 Å². The summed E-state index contributed by atoms with van der Waals surface area (Å²) in [5, 5.41) is 22.5. The Bertz CT molecular complexity index is 929. The Morgan fingerprint density at radius 2 is 1.50 bits per heavy atom. The van der Waals surface area contributed by atoms with Crippen LogP contribution in [0.3, 0.4) is 0 Å². The van der Waals surface area contributed by atoms with Crippen molar-refractivity contribution in [1.29, 1.82) is 0 Å². The van der Waals surface area contributed by atoms with Crippen molar-refractivity contribution in [3.8, 4) is 5.75 Å². The summed E-state index contributed by atoms with van der Waals surface area (Å²) in [5.41, 5.74) is 2.01. The lowest BCUT2D eigenvalue weighted by atomic mass is 9.72. The minimum atomic E-state index is -1.01. The fraction of sp³-hybridized carbons (Fsp3) is 0.357. The molecule has 1 aliphatic rings. The average Bonchev–Trinajstić information content (AvgIpc) is 2.84. The summed E-state index contributed by atoms with van der Waals surface area (Å²) < 4.78 is 5.76. The van der Waals surface area contributed by atoms with Crippen LogP contribution in [0.15, 0.2) is 84.9 Å². The van der Waals surface area contributed by atoms with Gasteiger partial charge in [0.15, 0.2) is 0 Å². The van der Waals surface area contributed by atoms with Gasteiger partial charge < -0.3 is 19.8 Å². The molecular formula is C28H33NO3. The van der Waals surface area contributed by atoms with Gasteiger partial charge in [-0.1, -0.05) is 72.8 Å². The molecule has 0 spiro atoms. The second-order valence-corrected chi connectivity index (χ2v) is 8.85. The number of nitrogens with zero attached hydrogens (tertiary/aromatic N) is 1. The highest BCUT2D eigenvalue weighted by Gasteiger charge is 2.41. The standard InChI is InChI=1S/C28H33NO3/c1-22-9-8-14-27(19-22)32-21-26(30)20-29-17-15-25(16-18-29)28(31,23-10-4-2-5-11-23)24-12-6-3-7-13-24/h2-14,19,25-26,30-31H,15-18,20-21H2,1H3/t26-/m0/s1. The number of aryl methyl sites for hydroxylation is 1. The Labute approximate surface area is 191 Å². The van der Waals surface area contributed by atoms with Gasteiger partial charge in [-0.25, -0.2) is 0 Å². The third kappa shape index (κ3) is 5.21. The predicted molar refractivity (Wildman–Crippen MR) is 128 cm³/mol. The first kappa shape index (κ1) is 22.5. The zero-order valence-electron chi connectivity index (χ0n) is 18.7. The molecule has 0 aliphatic carbocycles. The van der Waals surface area contributed by atoms with Crippen LogP contribution in [0.2, 0.25) is 0 Å². The highest BCUT2D eigenvalue weighted by atomic mass is 16.5. The Balaban J connectivity index is 1.37. The highest BCUT2D eigenvalue weighted by Crippen LogP contribution is 2.41. The molecule has 4 rings (SSSR count). The first-order valence-electron chi connectivity index (χ1n) is 11.5. The van der Waals surface area contributed by atoms with Crippen molar-refractivity contribution in [3.05, 3.63) is 102 Å². The lowest BCUT2D eigenvalue weighted by molar-refractivity contribution is -0.0222.